The predicted molar refractivity (Wildman–Crippen MR) is 72.2 cm³/mol. The number of esters is 2. The highest BCUT2D eigenvalue weighted by Crippen LogP contribution is 2.03. The number of carbonyl (C=O) groups is 3. The maximum Gasteiger partial charge on any atom is 0.515 e. The van der Waals surface area contributed by atoms with Gasteiger partial charge in [-0.05, 0) is 5.56 Å². The first-order valence-electron chi connectivity index (χ1n) is 6.20. The van der Waals surface area contributed by atoms with Crippen LogP contribution in [0.4, 0.5) is 4.79 Å². The monoisotopic (exact) mass is 295 g/mol. The molecular formula is C14H17NO6. The third kappa shape index (κ3) is 6.05. The van der Waals surface area contributed by atoms with Crippen molar-refractivity contribution in [3.8, 4) is 0 Å². The van der Waals surface area contributed by atoms with Crippen LogP contribution in [-0.4, -0.2) is 38.4 Å². The summed E-state index contributed by atoms with van der Waals surface area (Å²) < 4.78 is 13.2. The number of ether oxygens (including phenoxy) is 3. The van der Waals surface area contributed by atoms with E-state index in [1.807, 2.05) is 30.3 Å². The van der Waals surface area contributed by atoms with Crippen molar-refractivity contribution in [3.63, 3.8) is 0 Å². The van der Waals surface area contributed by atoms with Crippen molar-refractivity contribution < 1.29 is 28.6 Å². The average molecular weight is 295 g/mol. The molecule has 1 aromatic rings. The lowest BCUT2D eigenvalue weighted by molar-refractivity contribution is -0.149. The Hall–Kier alpha value is -2.41. The quantitative estimate of drug-likeness (QED) is 0.618. The van der Waals surface area contributed by atoms with Gasteiger partial charge in [0.25, 0.3) is 0 Å². The summed E-state index contributed by atoms with van der Waals surface area (Å²) in [4.78, 5) is 34.0. The molecule has 0 aliphatic rings. The van der Waals surface area contributed by atoms with Crippen LogP contribution in [0.15, 0.2) is 30.3 Å². The van der Waals surface area contributed by atoms with Gasteiger partial charge in [-0.15, -0.1) is 0 Å². The fourth-order valence-electron chi connectivity index (χ4n) is 1.52. The Bertz CT molecular complexity index is 487. The topological polar surface area (TPSA) is 90.9 Å². The van der Waals surface area contributed by atoms with Crippen molar-refractivity contribution in [2.24, 2.45) is 0 Å². The molecule has 0 spiro atoms. The SMILES string of the molecule is COC(=O)C[C@H](NCc1ccccc1)C(=O)OC(=O)OC. The third-order valence-electron chi connectivity index (χ3n) is 2.63. The van der Waals surface area contributed by atoms with E-state index < -0.39 is 24.1 Å². The summed E-state index contributed by atoms with van der Waals surface area (Å²) in [7, 11) is 2.30. The maximum atomic E-state index is 11.8. The van der Waals surface area contributed by atoms with E-state index in [9.17, 15) is 14.4 Å². The second-order valence-corrected chi connectivity index (χ2v) is 4.07. The lowest BCUT2D eigenvalue weighted by atomic mass is 10.1. The smallest absolute Gasteiger partial charge is 0.469 e. The second-order valence-electron chi connectivity index (χ2n) is 4.07. The van der Waals surface area contributed by atoms with Crippen LogP contribution in [0.1, 0.15) is 12.0 Å². The molecule has 0 fully saturated rings. The van der Waals surface area contributed by atoms with Crippen LogP contribution < -0.4 is 5.32 Å². The van der Waals surface area contributed by atoms with Crippen LogP contribution >= 0.6 is 0 Å². The van der Waals surface area contributed by atoms with Crippen molar-refractivity contribution in [3.05, 3.63) is 35.9 Å². The Balaban J connectivity index is 2.65. The van der Waals surface area contributed by atoms with E-state index in [0.717, 1.165) is 12.7 Å². The zero-order valence-corrected chi connectivity index (χ0v) is 11.8. The Morgan fingerprint density at radius 1 is 1.10 bits per heavy atom. The fourth-order valence-corrected chi connectivity index (χ4v) is 1.52. The van der Waals surface area contributed by atoms with E-state index in [0.29, 0.717) is 6.54 Å². The number of methoxy groups -OCH3 is 2. The van der Waals surface area contributed by atoms with Gasteiger partial charge in [-0.1, -0.05) is 30.3 Å². The van der Waals surface area contributed by atoms with Gasteiger partial charge < -0.3 is 14.2 Å². The largest absolute Gasteiger partial charge is 0.515 e. The molecular weight excluding hydrogens is 278 g/mol. The summed E-state index contributed by atoms with van der Waals surface area (Å²) in [6.07, 6.45) is -1.38. The van der Waals surface area contributed by atoms with Gasteiger partial charge >= 0.3 is 18.1 Å². The first kappa shape index (κ1) is 16.6. The fraction of sp³-hybridized carbons (Fsp3) is 0.357. The molecule has 7 heteroatoms. The Kier molecular flexibility index (Phi) is 6.90. The molecule has 0 aliphatic heterocycles. The summed E-state index contributed by atoms with van der Waals surface area (Å²) >= 11 is 0. The summed E-state index contributed by atoms with van der Waals surface area (Å²) in [5.41, 5.74) is 0.915. The lowest BCUT2D eigenvalue weighted by Gasteiger charge is -2.15. The molecule has 1 N–H and O–H groups in total. The van der Waals surface area contributed by atoms with Crippen LogP contribution in [0.5, 0.6) is 0 Å². The van der Waals surface area contributed by atoms with Crippen molar-refractivity contribution in [1.82, 2.24) is 5.32 Å². The van der Waals surface area contributed by atoms with Crippen LogP contribution in [0.25, 0.3) is 0 Å². The molecule has 0 saturated carbocycles. The van der Waals surface area contributed by atoms with Gasteiger partial charge in [0.15, 0.2) is 0 Å². The minimum atomic E-state index is -1.13. The first-order chi connectivity index (χ1) is 10.1. The number of hydrogen-bond acceptors (Lipinski definition) is 7. The van der Waals surface area contributed by atoms with E-state index in [1.165, 1.54) is 7.11 Å². The zero-order chi connectivity index (χ0) is 15.7. The van der Waals surface area contributed by atoms with Gasteiger partial charge in [0.2, 0.25) is 0 Å². The van der Waals surface area contributed by atoms with Crippen molar-refractivity contribution >= 4 is 18.1 Å². The maximum absolute atomic E-state index is 11.8. The highest BCUT2D eigenvalue weighted by Gasteiger charge is 2.26. The van der Waals surface area contributed by atoms with Crippen LogP contribution in [0, 0.1) is 0 Å². The van der Waals surface area contributed by atoms with Crippen molar-refractivity contribution in [1.29, 1.82) is 0 Å². The molecule has 0 aromatic heterocycles. The second kappa shape index (κ2) is 8.70. The zero-order valence-electron chi connectivity index (χ0n) is 11.8. The molecule has 0 aliphatic carbocycles. The molecule has 1 aromatic carbocycles. The van der Waals surface area contributed by atoms with Crippen LogP contribution in [0.3, 0.4) is 0 Å². The summed E-state index contributed by atoms with van der Waals surface area (Å²) in [5.74, 6) is -1.49. The number of hydrogen-bond donors (Lipinski definition) is 1. The Labute approximate surface area is 122 Å². The average Bonchev–Trinajstić information content (AvgIpc) is 2.51. The van der Waals surface area contributed by atoms with E-state index in [1.54, 1.807) is 0 Å². The van der Waals surface area contributed by atoms with E-state index >= 15 is 0 Å². The third-order valence-corrected chi connectivity index (χ3v) is 2.63. The summed E-state index contributed by atoms with van der Waals surface area (Å²) in [5, 5.41) is 2.85. The van der Waals surface area contributed by atoms with E-state index in [2.05, 4.69) is 19.5 Å². The highest BCUT2D eigenvalue weighted by atomic mass is 16.7. The predicted octanol–water partition coefficient (Wildman–Crippen LogP) is 1.02. The molecule has 0 amide bonds. The summed E-state index contributed by atoms with van der Waals surface area (Å²) in [6.45, 7) is 0.332. The minimum absolute atomic E-state index is 0.251. The first-order valence-corrected chi connectivity index (χ1v) is 6.20. The molecule has 0 unspecified atom stereocenters. The van der Waals surface area contributed by atoms with E-state index in [4.69, 9.17) is 0 Å². The van der Waals surface area contributed by atoms with Crippen molar-refractivity contribution in [2.75, 3.05) is 14.2 Å². The van der Waals surface area contributed by atoms with Gasteiger partial charge in [-0.25, -0.2) is 9.59 Å². The molecule has 0 bridgehead atoms. The molecule has 1 atom stereocenters. The number of benzene rings is 1. The molecule has 0 radical (unpaired) electrons. The Morgan fingerprint density at radius 2 is 1.76 bits per heavy atom. The van der Waals surface area contributed by atoms with Gasteiger partial charge in [-0.3, -0.25) is 10.1 Å². The molecule has 0 saturated heterocycles. The summed E-state index contributed by atoms with van der Waals surface area (Å²) in [6, 6.07) is 8.26. The standard InChI is InChI=1S/C14H17NO6/c1-19-12(16)8-11(13(17)21-14(18)20-2)15-9-10-6-4-3-5-7-10/h3-7,11,15H,8-9H2,1-2H3/t11-/m0/s1. The number of rotatable bonds is 6. The van der Waals surface area contributed by atoms with Crippen LogP contribution in [-0.2, 0) is 30.3 Å². The minimum Gasteiger partial charge on any atom is -0.469 e. The highest BCUT2D eigenvalue weighted by molar-refractivity contribution is 5.88. The van der Waals surface area contributed by atoms with Crippen molar-refractivity contribution in [2.45, 2.75) is 19.0 Å². The molecule has 0 heterocycles. The number of carbonyl (C=O) groups excluding carboxylic acids is 3. The molecule has 21 heavy (non-hydrogen) atoms. The number of nitrogens with one attached hydrogen (secondary N) is 1. The molecule has 7 nitrogen and oxygen atoms in total. The van der Waals surface area contributed by atoms with Crippen LogP contribution in [0.2, 0.25) is 0 Å². The van der Waals surface area contributed by atoms with E-state index in [-0.39, 0.29) is 6.42 Å². The Morgan fingerprint density at radius 3 is 2.33 bits per heavy atom. The van der Waals surface area contributed by atoms with Gasteiger partial charge in [0.05, 0.1) is 20.6 Å². The lowest BCUT2D eigenvalue weighted by Crippen LogP contribution is -2.40. The normalized spacial score (nSPS) is 11.3. The van der Waals surface area contributed by atoms with Gasteiger partial charge in [0.1, 0.15) is 6.04 Å². The van der Waals surface area contributed by atoms with Gasteiger partial charge in [-0.2, -0.15) is 0 Å². The van der Waals surface area contributed by atoms with Gasteiger partial charge in [0, 0.05) is 6.54 Å². The molecule has 1 rings (SSSR count). The molecule has 114 valence electrons.